The lowest BCUT2D eigenvalue weighted by Crippen LogP contribution is -2.50. The van der Waals surface area contributed by atoms with E-state index in [4.69, 9.17) is 0 Å². The number of piperidine rings is 2. The van der Waals surface area contributed by atoms with Gasteiger partial charge in [0, 0.05) is 50.5 Å². The first-order chi connectivity index (χ1) is 14.3. The van der Waals surface area contributed by atoms with Crippen molar-refractivity contribution in [3.05, 3.63) is 48.5 Å². The van der Waals surface area contributed by atoms with Crippen LogP contribution in [0.3, 0.4) is 0 Å². The van der Waals surface area contributed by atoms with Crippen molar-refractivity contribution in [2.75, 3.05) is 32.7 Å². The first kappa shape index (κ1) is 20.0. The van der Waals surface area contributed by atoms with Crippen LogP contribution in [0.4, 0.5) is 0 Å². The lowest BCUT2D eigenvalue weighted by Gasteiger charge is -2.42. The van der Waals surface area contributed by atoms with Crippen LogP contribution in [0.1, 0.15) is 31.2 Å². The summed E-state index contributed by atoms with van der Waals surface area (Å²) in [5, 5.41) is 7.29. The lowest BCUT2D eigenvalue weighted by atomic mass is 9.93. The van der Waals surface area contributed by atoms with Gasteiger partial charge in [0.2, 0.25) is 5.91 Å². The Morgan fingerprint density at radius 1 is 1.14 bits per heavy atom. The van der Waals surface area contributed by atoms with Gasteiger partial charge in [0.25, 0.3) is 0 Å². The first-order valence-corrected chi connectivity index (χ1v) is 10.9. The Labute approximate surface area is 173 Å². The first-order valence-electron chi connectivity index (χ1n) is 10.9. The number of hydrogen-bond donors (Lipinski definition) is 1. The number of carbonyl (C=O) groups excluding carboxylic acids is 1. The average Bonchev–Trinajstić information content (AvgIpc) is 3.29. The summed E-state index contributed by atoms with van der Waals surface area (Å²) in [4.78, 5) is 21.9. The monoisotopic (exact) mass is 396 g/mol. The van der Waals surface area contributed by atoms with Crippen molar-refractivity contribution in [3.63, 3.8) is 0 Å². The fraction of sp³-hybridized carbons (Fsp3) is 0.591. The van der Waals surface area contributed by atoms with E-state index in [2.05, 4.69) is 31.3 Å². The molecule has 2 fully saturated rings. The zero-order valence-electron chi connectivity index (χ0n) is 17.1. The molecule has 2 aliphatic rings. The molecule has 2 saturated heterocycles. The molecule has 0 saturated carbocycles. The van der Waals surface area contributed by atoms with E-state index in [1.807, 2.05) is 35.4 Å². The highest BCUT2D eigenvalue weighted by molar-refractivity contribution is 5.78. The van der Waals surface area contributed by atoms with Crippen LogP contribution >= 0.6 is 0 Å². The molecule has 29 heavy (non-hydrogen) atoms. The standard InChI is InChI=1S/C22H32N6O/c29-22(24-10-15-28-12-3-9-25-28)20-5-2-11-27(18-20)21-6-13-26(14-7-21)17-19-4-1-8-23-16-19/h1,3-4,8-9,12,16,20-21H,2,5-7,10-11,13-15,17-18H2,(H,24,29). The lowest BCUT2D eigenvalue weighted by molar-refractivity contribution is -0.127. The smallest absolute Gasteiger partial charge is 0.224 e. The number of rotatable bonds is 7. The molecule has 0 radical (unpaired) electrons. The molecule has 4 heterocycles. The minimum absolute atomic E-state index is 0.120. The van der Waals surface area contributed by atoms with Crippen molar-refractivity contribution in [3.8, 4) is 0 Å². The molecule has 156 valence electrons. The number of aromatic nitrogens is 3. The van der Waals surface area contributed by atoms with Crippen molar-refractivity contribution >= 4 is 5.91 Å². The third-order valence-corrected chi connectivity index (χ3v) is 6.23. The van der Waals surface area contributed by atoms with Crippen LogP contribution in [-0.4, -0.2) is 69.2 Å². The normalized spacial score (nSPS) is 21.9. The molecule has 0 aliphatic carbocycles. The molecule has 1 atom stereocenters. The maximum atomic E-state index is 12.6. The van der Waals surface area contributed by atoms with Crippen LogP contribution in [0.2, 0.25) is 0 Å². The van der Waals surface area contributed by atoms with E-state index < -0.39 is 0 Å². The number of amides is 1. The molecule has 2 aromatic heterocycles. The molecule has 2 aromatic rings. The fourth-order valence-corrected chi connectivity index (χ4v) is 4.62. The predicted molar refractivity (Wildman–Crippen MR) is 112 cm³/mol. The van der Waals surface area contributed by atoms with Gasteiger partial charge in [-0.15, -0.1) is 0 Å². The summed E-state index contributed by atoms with van der Waals surface area (Å²) in [6.07, 6.45) is 12.0. The molecule has 0 bridgehead atoms. The molecule has 1 N–H and O–H groups in total. The topological polar surface area (TPSA) is 66.3 Å². The number of nitrogens with one attached hydrogen (secondary N) is 1. The number of carbonyl (C=O) groups is 1. The Balaban J connectivity index is 1.20. The van der Waals surface area contributed by atoms with Crippen LogP contribution in [0, 0.1) is 5.92 Å². The van der Waals surface area contributed by atoms with E-state index in [-0.39, 0.29) is 11.8 Å². The van der Waals surface area contributed by atoms with Gasteiger partial charge in [0.15, 0.2) is 0 Å². The fourth-order valence-electron chi connectivity index (χ4n) is 4.62. The van der Waals surface area contributed by atoms with E-state index in [1.165, 1.54) is 18.4 Å². The molecule has 7 nitrogen and oxygen atoms in total. The van der Waals surface area contributed by atoms with Gasteiger partial charge in [-0.2, -0.15) is 5.10 Å². The van der Waals surface area contributed by atoms with Crippen LogP contribution in [0.15, 0.2) is 43.0 Å². The molecule has 7 heteroatoms. The van der Waals surface area contributed by atoms with Crippen molar-refractivity contribution in [1.82, 2.24) is 29.9 Å². The van der Waals surface area contributed by atoms with Crippen LogP contribution < -0.4 is 5.32 Å². The van der Waals surface area contributed by atoms with Crippen LogP contribution in [-0.2, 0) is 17.9 Å². The number of likely N-dealkylation sites (tertiary alicyclic amines) is 2. The summed E-state index contributed by atoms with van der Waals surface area (Å²) in [6, 6.07) is 6.68. The third-order valence-electron chi connectivity index (χ3n) is 6.23. The molecule has 1 amide bonds. The zero-order chi connectivity index (χ0) is 19.9. The molecule has 1 unspecified atom stereocenters. The van der Waals surface area contributed by atoms with Crippen LogP contribution in [0.25, 0.3) is 0 Å². The second-order valence-corrected chi connectivity index (χ2v) is 8.26. The maximum Gasteiger partial charge on any atom is 0.224 e. The third kappa shape index (κ3) is 5.64. The van der Waals surface area contributed by atoms with E-state index in [0.717, 1.165) is 52.1 Å². The van der Waals surface area contributed by atoms with Gasteiger partial charge in [-0.1, -0.05) is 6.07 Å². The Hall–Kier alpha value is -2.25. The summed E-state index contributed by atoms with van der Waals surface area (Å²) in [5.74, 6) is 0.325. The minimum atomic E-state index is 0.120. The van der Waals surface area contributed by atoms with E-state index in [1.54, 1.807) is 6.20 Å². The van der Waals surface area contributed by atoms with Crippen LogP contribution in [0.5, 0.6) is 0 Å². The zero-order valence-corrected chi connectivity index (χ0v) is 17.1. The average molecular weight is 397 g/mol. The second kappa shape index (κ2) is 9.98. The maximum absolute atomic E-state index is 12.6. The highest BCUT2D eigenvalue weighted by Crippen LogP contribution is 2.24. The number of nitrogens with zero attached hydrogens (tertiary/aromatic N) is 5. The molecule has 2 aliphatic heterocycles. The summed E-state index contributed by atoms with van der Waals surface area (Å²) in [7, 11) is 0. The molecular formula is C22H32N6O. The second-order valence-electron chi connectivity index (χ2n) is 8.26. The summed E-state index contributed by atoms with van der Waals surface area (Å²) >= 11 is 0. The van der Waals surface area contributed by atoms with E-state index in [9.17, 15) is 4.79 Å². The summed E-state index contributed by atoms with van der Waals surface area (Å²) in [5.41, 5.74) is 1.29. The van der Waals surface area contributed by atoms with Crippen molar-refractivity contribution in [2.24, 2.45) is 5.92 Å². The molecule has 4 rings (SSSR count). The van der Waals surface area contributed by atoms with Gasteiger partial charge in [-0.05, 0) is 63.0 Å². The van der Waals surface area contributed by atoms with Gasteiger partial charge < -0.3 is 5.32 Å². The summed E-state index contributed by atoms with van der Waals surface area (Å²) < 4.78 is 1.85. The number of hydrogen-bond acceptors (Lipinski definition) is 5. The highest BCUT2D eigenvalue weighted by Gasteiger charge is 2.31. The van der Waals surface area contributed by atoms with E-state index >= 15 is 0 Å². The van der Waals surface area contributed by atoms with Gasteiger partial charge in [0.05, 0.1) is 12.5 Å². The minimum Gasteiger partial charge on any atom is -0.354 e. The largest absolute Gasteiger partial charge is 0.354 e. The Bertz CT molecular complexity index is 742. The molecule has 0 aromatic carbocycles. The summed E-state index contributed by atoms with van der Waals surface area (Å²) in [6.45, 7) is 6.63. The quantitative estimate of drug-likeness (QED) is 0.773. The van der Waals surface area contributed by atoms with E-state index in [0.29, 0.717) is 12.6 Å². The Morgan fingerprint density at radius 2 is 2.03 bits per heavy atom. The SMILES string of the molecule is O=C(NCCn1cccn1)C1CCCN(C2CCN(Cc3cccnc3)CC2)C1. The van der Waals surface area contributed by atoms with Gasteiger partial charge in [-0.25, -0.2) is 0 Å². The molecule has 0 spiro atoms. The van der Waals surface area contributed by atoms with Gasteiger partial charge >= 0.3 is 0 Å². The highest BCUT2D eigenvalue weighted by atomic mass is 16.1. The van der Waals surface area contributed by atoms with Crippen molar-refractivity contribution in [1.29, 1.82) is 0 Å². The van der Waals surface area contributed by atoms with Crippen molar-refractivity contribution in [2.45, 2.75) is 44.8 Å². The van der Waals surface area contributed by atoms with Crippen molar-refractivity contribution < 1.29 is 4.79 Å². The van der Waals surface area contributed by atoms with Gasteiger partial charge in [0.1, 0.15) is 0 Å². The predicted octanol–water partition coefficient (Wildman–Crippen LogP) is 1.77. The Morgan fingerprint density at radius 3 is 2.79 bits per heavy atom. The number of pyridine rings is 1. The molecular weight excluding hydrogens is 364 g/mol. The van der Waals surface area contributed by atoms with Gasteiger partial charge in [-0.3, -0.25) is 24.3 Å². The Kier molecular flexibility index (Phi) is 6.90.